The molecule has 0 amide bonds. The maximum atomic E-state index is 11.2. The molecule has 0 bridgehead atoms. The summed E-state index contributed by atoms with van der Waals surface area (Å²) in [5.41, 5.74) is 0. The van der Waals surface area contributed by atoms with Crippen LogP contribution in [0.4, 0.5) is 0 Å². The zero-order valence-corrected chi connectivity index (χ0v) is 7.54. The van der Waals surface area contributed by atoms with Gasteiger partial charge in [-0.15, -0.1) is 0 Å². The number of hydrogen-bond acceptors (Lipinski definition) is 2. The Morgan fingerprint density at radius 2 is 2.42 bits per heavy atom. The molecule has 0 aliphatic carbocycles. The molecule has 2 nitrogen and oxygen atoms in total. The second kappa shape index (κ2) is 4.10. The van der Waals surface area contributed by atoms with E-state index >= 15 is 0 Å². The first kappa shape index (κ1) is 9.04. The van der Waals surface area contributed by atoms with Crippen LogP contribution in [0.3, 0.4) is 0 Å². The van der Waals surface area contributed by atoms with E-state index in [1.54, 1.807) is 6.26 Å². The lowest BCUT2D eigenvalue weighted by Gasteiger charge is -2.05. The van der Waals surface area contributed by atoms with Gasteiger partial charge in [0, 0.05) is 18.8 Å². The van der Waals surface area contributed by atoms with Crippen molar-refractivity contribution >= 4 is 5.78 Å². The van der Waals surface area contributed by atoms with Gasteiger partial charge in [-0.2, -0.15) is 0 Å². The van der Waals surface area contributed by atoms with Crippen molar-refractivity contribution in [1.29, 1.82) is 0 Å². The van der Waals surface area contributed by atoms with Gasteiger partial charge in [0.05, 0.1) is 6.26 Å². The Morgan fingerprint density at radius 1 is 1.67 bits per heavy atom. The fourth-order valence-electron chi connectivity index (χ4n) is 1.19. The van der Waals surface area contributed by atoms with Gasteiger partial charge in [0.1, 0.15) is 11.5 Å². The van der Waals surface area contributed by atoms with Crippen LogP contribution in [0.2, 0.25) is 0 Å². The minimum atomic E-state index is 0.0844. The highest BCUT2D eigenvalue weighted by Crippen LogP contribution is 2.10. The van der Waals surface area contributed by atoms with E-state index in [2.05, 4.69) is 0 Å². The molecule has 0 aliphatic rings. The minimum Gasteiger partial charge on any atom is -0.469 e. The van der Waals surface area contributed by atoms with E-state index in [0.29, 0.717) is 12.2 Å². The molecule has 1 rings (SSSR count). The number of hydrogen-bond donors (Lipinski definition) is 0. The minimum absolute atomic E-state index is 0.0844. The molecular weight excluding hydrogens is 152 g/mol. The van der Waals surface area contributed by atoms with Crippen LogP contribution >= 0.6 is 0 Å². The Labute approximate surface area is 72.6 Å². The van der Waals surface area contributed by atoms with E-state index in [1.807, 2.05) is 26.0 Å². The SMILES string of the molecule is CCC(=O)C(C)Cc1ccco1. The molecule has 1 aromatic rings. The summed E-state index contributed by atoms with van der Waals surface area (Å²) in [7, 11) is 0. The molecule has 0 spiro atoms. The van der Waals surface area contributed by atoms with Gasteiger partial charge in [-0.25, -0.2) is 0 Å². The lowest BCUT2D eigenvalue weighted by Crippen LogP contribution is -2.11. The van der Waals surface area contributed by atoms with E-state index in [4.69, 9.17) is 4.42 Å². The number of carbonyl (C=O) groups excluding carboxylic acids is 1. The van der Waals surface area contributed by atoms with Gasteiger partial charge in [-0.05, 0) is 12.1 Å². The molecule has 0 saturated heterocycles. The Morgan fingerprint density at radius 3 is 2.92 bits per heavy atom. The van der Waals surface area contributed by atoms with E-state index < -0.39 is 0 Å². The summed E-state index contributed by atoms with van der Waals surface area (Å²) in [5.74, 6) is 1.27. The van der Waals surface area contributed by atoms with Crippen molar-refractivity contribution in [3.05, 3.63) is 24.2 Å². The Hall–Kier alpha value is -1.05. The normalized spacial score (nSPS) is 12.8. The fourth-order valence-corrected chi connectivity index (χ4v) is 1.19. The molecule has 66 valence electrons. The molecular formula is C10H14O2. The average Bonchev–Trinajstić information content (AvgIpc) is 2.55. The fraction of sp³-hybridized carbons (Fsp3) is 0.500. The molecule has 0 aromatic carbocycles. The van der Waals surface area contributed by atoms with Gasteiger partial charge >= 0.3 is 0 Å². The zero-order valence-electron chi connectivity index (χ0n) is 7.54. The summed E-state index contributed by atoms with van der Waals surface area (Å²) in [4.78, 5) is 11.2. The maximum absolute atomic E-state index is 11.2. The molecule has 12 heavy (non-hydrogen) atoms. The van der Waals surface area contributed by atoms with Crippen LogP contribution in [-0.4, -0.2) is 5.78 Å². The second-order valence-corrected chi connectivity index (χ2v) is 3.00. The topological polar surface area (TPSA) is 30.2 Å². The third kappa shape index (κ3) is 2.22. The van der Waals surface area contributed by atoms with E-state index in [0.717, 1.165) is 12.2 Å². The maximum Gasteiger partial charge on any atom is 0.135 e. The first-order valence-corrected chi connectivity index (χ1v) is 4.29. The highest BCUT2D eigenvalue weighted by molar-refractivity contribution is 5.80. The number of furan rings is 1. The summed E-state index contributed by atoms with van der Waals surface area (Å²) in [6.45, 7) is 3.83. The van der Waals surface area contributed by atoms with E-state index in [9.17, 15) is 4.79 Å². The predicted octanol–water partition coefficient (Wildman–Crippen LogP) is 2.44. The van der Waals surface area contributed by atoms with Gasteiger partial charge < -0.3 is 4.42 Å². The van der Waals surface area contributed by atoms with Crippen molar-refractivity contribution < 1.29 is 9.21 Å². The largest absolute Gasteiger partial charge is 0.469 e. The first-order chi connectivity index (χ1) is 5.74. The van der Waals surface area contributed by atoms with Gasteiger partial charge in [0.15, 0.2) is 0 Å². The van der Waals surface area contributed by atoms with Crippen LogP contribution in [0.15, 0.2) is 22.8 Å². The third-order valence-electron chi connectivity index (χ3n) is 1.99. The molecule has 0 fully saturated rings. The predicted molar refractivity (Wildman–Crippen MR) is 46.9 cm³/mol. The number of carbonyl (C=O) groups is 1. The van der Waals surface area contributed by atoms with Crippen molar-refractivity contribution in [2.24, 2.45) is 5.92 Å². The highest BCUT2D eigenvalue weighted by atomic mass is 16.3. The van der Waals surface area contributed by atoms with Gasteiger partial charge in [0.2, 0.25) is 0 Å². The van der Waals surface area contributed by atoms with E-state index in [-0.39, 0.29) is 5.92 Å². The van der Waals surface area contributed by atoms with Crippen molar-refractivity contribution in [3.8, 4) is 0 Å². The molecule has 0 saturated carbocycles. The Kier molecular flexibility index (Phi) is 3.09. The molecule has 2 heteroatoms. The lowest BCUT2D eigenvalue weighted by molar-refractivity contribution is -0.122. The molecule has 0 aliphatic heterocycles. The summed E-state index contributed by atoms with van der Waals surface area (Å²) in [5, 5.41) is 0. The van der Waals surface area contributed by atoms with Crippen LogP contribution in [0, 0.1) is 5.92 Å². The van der Waals surface area contributed by atoms with Crippen molar-refractivity contribution in [2.75, 3.05) is 0 Å². The molecule has 1 heterocycles. The second-order valence-electron chi connectivity index (χ2n) is 3.00. The molecule has 1 unspecified atom stereocenters. The quantitative estimate of drug-likeness (QED) is 0.687. The van der Waals surface area contributed by atoms with E-state index in [1.165, 1.54) is 0 Å². The van der Waals surface area contributed by atoms with Gasteiger partial charge in [0.25, 0.3) is 0 Å². The van der Waals surface area contributed by atoms with Crippen molar-refractivity contribution in [1.82, 2.24) is 0 Å². The Bertz CT molecular complexity index is 236. The zero-order chi connectivity index (χ0) is 8.97. The standard InChI is InChI=1S/C10H14O2/c1-3-10(11)8(2)7-9-5-4-6-12-9/h4-6,8H,3,7H2,1-2H3. The first-order valence-electron chi connectivity index (χ1n) is 4.29. The number of Topliss-reactive ketones (excluding diaryl/α,β-unsaturated/α-hetero) is 1. The summed E-state index contributed by atoms with van der Waals surface area (Å²) in [6.07, 6.45) is 2.97. The molecule has 0 N–H and O–H groups in total. The molecule has 1 aromatic heterocycles. The number of ketones is 1. The summed E-state index contributed by atoms with van der Waals surface area (Å²) >= 11 is 0. The van der Waals surface area contributed by atoms with Crippen LogP contribution < -0.4 is 0 Å². The van der Waals surface area contributed by atoms with Gasteiger partial charge in [-0.3, -0.25) is 4.79 Å². The molecule has 1 atom stereocenters. The van der Waals surface area contributed by atoms with Crippen molar-refractivity contribution in [3.63, 3.8) is 0 Å². The third-order valence-corrected chi connectivity index (χ3v) is 1.99. The van der Waals surface area contributed by atoms with Crippen LogP contribution in [-0.2, 0) is 11.2 Å². The van der Waals surface area contributed by atoms with Crippen LogP contribution in [0.25, 0.3) is 0 Å². The summed E-state index contributed by atoms with van der Waals surface area (Å²) < 4.78 is 5.15. The van der Waals surface area contributed by atoms with Gasteiger partial charge in [-0.1, -0.05) is 13.8 Å². The van der Waals surface area contributed by atoms with Crippen LogP contribution in [0.1, 0.15) is 26.0 Å². The average molecular weight is 166 g/mol. The Balaban J connectivity index is 2.47. The summed E-state index contributed by atoms with van der Waals surface area (Å²) in [6, 6.07) is 3.75. The van der Waals surface area contributed by atoms with Crippen LogP contribution in [0.5, 0.6) is 0 Å². The monoisotopic (exact) mass is 166 g/mol. The van der Waals surface area contributed by atoms with Crippen molar-refractivity contribution in [2.45, 2.75) is 26.7 Å². The molecule has 0 radical (unpaired) electrons. The lowest BCUT2D eigenvalue weighted by atomic mass is 9.99. The highest BCUT2D eigenvalue weighted by Gasteiger charge is 2.12. The smallest absolute Gasteiger partial charge is 0.135 e. The number of rotatable bonds is 4.